The van der Waals surface area contributed by atoms with Gasteiger partial charge >= 0.3 is 0 Å². The van der Waals surface area contributed by atoms with Gasteiger partial charge < -0.3 is 14.8 Å². The van der Waals surface area contributed by atoms with Crippen LogP contribution in [0.3, 0.4) is 0 Å². The van der Waals surface area contributed by atoms with Gasteiger partial charge in [0.05, 0.1) is 0 Å². The number of halogens is 1. The Labute approximate surface area is 168 Å². The van der Waals surface area contributed by atoms with Crippen LogP contribution in [0.5, 0.6) is 0 Å². The number of H-pyrrole nitrogens is 1. The van der Waals surface area contributed by atoms with Gasteiger partial charge in [0.15, 0.2) is 0 Å². The Kier molecular flexibility index (Phi) is 4.35. The van der Waals surface area contributed by atoms with Crippen molar-refractivity contribution in [3.05, 3.63) is 58.6 Å². The highest BCUT2D eigenvalue weighted by atomic mass is 19.1. The third-order valence-electron chi connectivity index (χ3n) is 6.22. The molecule has 2 aromatic heterocycles. The first kappa shape index (κ1) is 18.2. The molecule has 3 aromatic rings. The second-order valence-corrected chi connectivity index (χ2v) is 8.24. The largest absolute Gasteiger partial charge is 0.350 e. The number of nitrogens with one attached hydrogen (secondary N) is 1. The topological polar surface area (TPSA) is 65.1 Å². The number of benzene rings is 1. The number of aryl methyl sites for hydroxylation is 1. The zero-order valence-corrected chi connectivity index (χ0v) is 16.7. The van der Waals surface area contributed by atoms with Crippen molar-refractivity contribution in [2.24, 2.45) is 0 Å². The zero-order chi connectivity index (χ0) is 20.1. The fourth-order valence-corrected chi connectivity index (χ4v) is 4.50. The maximum absolute atomic E-state index is 13.6. The molecule has 2 aliphatic rings. The predicted octanol–water partition coefficient (Wildman–Crippen LogP) is 3.02. The van der Waals surface area contributed by atoms with Crippen molar-refractivity contribution < 1.29 is 9.18 Å². The summed E-state index contributed by atoms with van der Waals surface area (Å²) in [7, 11) is 2.11. The number of hydrogen-bond donors (Lipinski definition) is 1. The number of carbonyl (C=O) groups excluding carboxylic acids is 1. The van der Waals surface area contributed by atoms with E-state index in [-0.39, 0.29) is 17.6 Å². The van der Waals surface area contributed by atoms with E-state index in [2.05, 4.69) is 21.9 Å². The highest BCUT2D eigenvalue weighted by Gasteiger charge is 2.32. The van der Waals surface area contributed by atoms with E-state index < -0.39 is 0 Å². The number of amides is 1. The number of nitrogens with zero attached hydrogens (tertiary/aromatic N) is 4. The molecule has 5 rings (SSSR count). The number of carbonyl (C=O) groups is 1. The number of likely N-dealkylation sites (N-methyl/N-ethyl adjacent to an activating group) is 1. The maximum Gasteiger partial charge on any atom is 0.270 e. The summed E-state index contributed by atoms with van der Waals surface area (Å²) in [6, 6.07) is 4.56. The second-order valence-electron chi connectivity index (χ2n) is 8.24. The molecule has 1 amide bonds. The lowest BCUT2D eigenvalue weighted by molar-refractivity contribution is 0.0785. The molecule has 0 aliphatic carbocycles. The van der Waals surface area contributed by atoms with Gasteiger partial charge in [-0.15, -0.1) is 0 Å². The number of likely N-dealkylation sites (tertiary alicyclic amines) is 1. The molecule has 6 nitrogen and oxygen atoms in total. The summed E-state index contributed by atoms with van der Waals surface area (Å²) < 4.78 is 13.6. The molecular formula is C22H24FN5O. The Morgan fingerprint density at radius 3 is 3.03 bits per heavy atom. The van der Waals surface area contributed by atoms with Crippen molar-refractivity contribution in [3.63, 3.8) is 0 Å². The predicted molar refractivity (Wildman–Crippen MR) is 108 cm³/mol. The third-order valence-corrected chi connectivity index (χ3v) is 6.22. The summed E-state index contributed by atoms with van der Waals surface area (Å²) in [6.07, 6.45) is 3.76. The van der Waals surface area contributed by atoms with Crippen LogP contribution >= 0.6 is 0 Å². The Balaban J connectivity index is 1.36. The molecule has 150 valence electrons. The van der Waals surface area contributed by atoms with E-state index in [1.807, 2.05) is 18.0 Å². The molecule has 0 unspecified atom stereocenters. The quantitative estimate of drug-likeness (QED) is 0.727. The first-order valence-electron chi connectivity index (χ1n) is 10.1. The molecule has 0 radical (unpaired) electrons. The van der Waals surface area contributed by atoms with Crippen molar-refractivity contribution in [1.29, 1.82) is 0 Å². The number of aromatic nitrogens is 3. The Hall–Kier alpha value is -2.80. The van der Waals surface area contributed by atoms with E-state index in [9.17, 15) is 9.18 Å². The van der Waals surface area contributed by atoms with E-state index in [4.69, 9.17) is 4.98 Å². The maximum atomic E-state index is 13.6. The first-order chi connectivity index (χ1) is 14.0. The summed E-state index contributed by atoms with van der Waals surface area (Å²) in [6.45, 7) is 5.06. The monoisotopic (exact) mass is 393 g/mol. The summed E-state index contributed by atoms with van der Waals surface area (Å²) in [4.78, 5) is 29.9. The Bertz CT molecular complexity index is 1110. The van der Waals surface area contributed by atoms with E-state index in [0.29, 0.717) is 18.8 Å². The van der Waals surface area contributed by atoms with Crippen molar-refractivity contribution in [3.8, 4) is 0 Å². The van der Waals surface area contributed by atoms with Gasteiger partial charge in [-0.25, -0.2) is 14.4 Å². The first-order valence-corrected chi connectivity index (χ1v) is 10.1. The Morgan fingerprint density at radius 2 is 2.17 bits per heavy atom. The summed E-state index contributed by atoms with van der Waals surface area (Å²) >= 11 is 0. The molecule has 1 aromatic carbocycles. The van der Waals surface area contributed by atoms with Gasteiger partial charge in [0, 0.05) is 66.9 Å². The minimum Gasteiger partial charge on any atom is -0.350 e. The molecule has 1 atom stereocenters. The van der Waals surface area contributed by atoms with Gasteiger partial charge in [0.2, 0.25) is 0 Å². The van der Waals surface area contributed by atoms with Crippen LogP contribution < -0.4 is 0 Å². The van der Waals surface area contributed by atoms with Crippen molar-refractivity contribution in [2.75, 3.05) is 26.7 Å². The Morgan fingerprint density at radius 1 is 1.31 bits per heavy atom. The standard InChI is InChI=1S/C22H24FN5O/c1-13-17-9-16(23)3-4-19(17)25-20(13)22(29)28-8-5-14(12-28)21-24-10-15-11-27(2)7-6-18(15)26-21/h3-4,9-10,14,25H,5-8,11-12H2,1-2H3/t14-/m1/s1. The van der Waals surface area contributed by atoms with Crippen LogP contribution in [0.1, 0.15) is 45.5 Å². The molecule has 4 heterocycles. The number of hydrogen-bond acceptors (Lipinski definition) is 4. The minimum atomic E-state index is -0.296. The van der Waals surface area contributed by atoms with Crippen molar-refractivity contribution >= 4 is 16.8 Å². The lowest BCUT2D eigenvalue weighted by Crippen LogP contribution is -2.30. The van der Waals surface area contributed by atoms with Crippen LogP contribution in [0.2, 0.25) is 0 Å². The number of fused-ring (bicyclic) bond motifs is 2. The van der Waals surface area contributed by atoms with Crippen LogP contribution in [0.4, 0.5) is 4.39 Å². The van der Waals surface area contributed by atoms with Crippen molar-refractivity contribution in [1.82, 2.24) is 24.8 Å². The van der Waals surface area contributed by atoms with E-state index >= 15 is 0 Å². The van der Waals surface area contributed by atoms with Crippen molar-refractivity contribution in [2.45, 2.75) is 32.2 Å². The van der Waals surface area contributed by atoms with Crippen LogP contribution in [-0.2, 0) is 13.0 Å². The molecule has 29 heavy (non-hydrogen) atoms. The van der Waals surface area contributed by atoms with Gasteiger partial charge in [-0.2, -0.15) is 0 Å². The molecule has 0 spiro atoms. The number of aromatic amines is 1. The van der Waals surface area contributed by atoms with Gasteiger partial charge in [0.1, 0.15) is 17.3 Å². The van der Waals surface area contributed by atoms with Gasteiger partial charge in [-0.05, 0) is 44.2 Å². The summed E-state index contributed by atoms with van der Waals surface area (Å²) in [5, 5.41) is 0.757. The molecule has 1 saturated heterocycles. The molecule has 0 saturated carbocycles. The van der Waals surface area contributed by atoms with Crippen LogP contribution in [0.25, 0.3) is 10.9 Å². The molecule has 0 bridgehead atoms. The van der Waals surface area contributed by atoms with Crippen LogP contribution in [0.15, 0.2) is 24.4 Å². The molecular weight excluding hydrogens is 369 g/mol. The summed E-state index contributed by atoms with van der Waals surface area (Å²) in [5.41, 5.74) is 4.47. The minimum absolute atomic E-state index is 0.0406. The smallest absolute Gasteiger partial charge is 0.270 e. The highest BCUT2D eigenvalue weighted by Crippen LogP contribution is 2.29. The average molecular weight is 393 g/mol. The van der Waals surface area contributed by atoms with Crippen LogP contribution in [0, 0.1) is 12.7 Å². The van der Waals surface area contributed by atoms with Crippen LogP contribution in [-0.4, -0.2) is 57.3 Å². The SMILES string of the molecule is Cc1c(C(=O)N2CC[C@@H](c3ncc4c(n3)CCN(C)C4)C2)[nH]c2ccc(F)cc12. The summed E-state index contributed by atoms with van der Waals surface area (Å²) in [5.74, 6) is 0.668. The second kappa shape index (κ2) is 6.91. The fourth-order valence-electron chi connectivity index (χ4n) is 4.50. The van der Waals surface area contributed by atoms with Gasteiger partial charge in [-0.3, -0.25) is 4.79 Å². The van der Waals surface area contributed by atoms with Gasteiger partial charge in [0.25, 0.3) is 5.91 Å². The molecule has 1 N–H and O–H groups in total. The lowest BCUT2D eigenvalue weighted by Gasteiger charge is -2.24. The third kappa shape index (κ3) is 3.19. The zero-order valence-electron chi connectivity index (χ0n) is 16.7. The van der Waals surface area contributed by atoms with E-state index in [1.54, 1.807) is 6.07 Å². The fraction of sp³-hybridized carbons (Fsp3) is 0.409. The average Bonchev–Trinajstić information content (AvgIpc) is 3.33. The lowest BCUT2D eigenvalue weighted by atomic mass is 10.1. The highest BCUT2D eigenvalue weighted by molar-refractivity contribution is 6.01. The van der Waals surface area contributed by atoms with E-state index in [1.165, 1.54) is 17.7 Å². The van der Waals surface area contributed by atoms with E-state index in [0.717, 1.165) is 53.9 Å². The normalized spacial score (nSPS) is 19.7. The number of rotatable bonds is 2. The molecule has 2 aliphatic heterocycles. The van der Waals surface area contributed by atoms with Gasteiger partial charge in [-0.1, -0.05) is 0 Å². The molecule has 7 heteroatoms. The molecule has 1 fully saturated rings.